The summed E-state index contributed by atoms with van der Waals surface area (Å²) in [6.45, 7) is 3.71. The number of H-pyrrole nitrogens is 1. The summed E-state index contributed by atoms with van der Waals surface area (Å²) in [6.07, 6.45) is 1.09. The molecule has 2 aromatic heterocycles. The first-order chi connectivity index (χ1) is 9.22. The van der Waals surface area contributed by atoms with Gasteiger partial charge in [-0.15, -0.1) is 11.3 Å². The quantitative estimate of drug-likeness (QED) is 0.799. The van der Waals surface area contributed by atoms with Gasteiger partial charge in [0, 0.05) is 28.5 Å². The summed E-state index contributed by atoms with van der Waals surface area (Å²) in [4.78, 5) is 17.1. The molecular weight excluding hydrogens is 260 g/mol. The van der Waals surface area contributed by atoms with E-state index in [1.165, 1.54) is 16.9 Å². The molecule has 0 atom stereocenters. The summed E-state index contributed by atoms with van der Waals surface area (Å²) < 4.78 is 4.65. The van der Waals surface area contributed by atoms with Crippen molar-refractivity contribution in [3.8, 4) is 0 Å². The molecule has 0 amide bonds. The van der Waals surface area contributed by atoms with Crippen LogP contribution in [0.2, 0.25) is 0 Å². The predicted molar refractivity (Wildman–Crippen MR) is 76.4 cm³/mol. The summed E-state index contributed by atoms with van der Waals surface area (Å²) in [6, 6.07) is 7.96. The number of ether oxygens (including phenoxy) is 1. The van der Waals surface area contributed by atoms with Crippen LogP contribution in [0.3, 0.4) is 0 Å². The van der Waals surface area contributed by atoms with Crippen LogP contribution in [0.4, 0.5) is 0 Å². The number of esters is 1. The number of carbonyl (C=O) groups is 1. The highest BCUT2D eigenvalue weighted by Crippen LogP contribution is 2.16. The highest BCUT2D eigenvalue weighted by Gasteiger charge is 2.07. The molecule has 2 heterocycles. The van der Waals surface area contributed by atoms with Gasteiger partial charge in [-0.3, -0.25) is 0 Å². The van der Waals surface area contributed by atoms with Crippen molar-refractivity contribution in [2.45, 2.75) is 26.4 Å². The van der Waals surface area contributed by atoms with Gasteiger partial charge in [0.15, 0.2) is 0 Å². The number of aromatic nitrogens is 1. The molecule has 0 unspecified atom stereocenters. The van der Waals surface area contributed by atoms with Crippen LogP contribution in [0, 0.1) is 0 Å². The van der Waals surface area contributed by atoms with Crippen LogP contribution in [-0.2, 0) is 24.2 Å². The molecule has 19 heavy (non-hydrogen) atoms. The number of thiophene rings is 1. The van der Waals surface area contributed by atoms with Gasteiger partial charge in [0.25, 0.3) is 0 Å². The number of nitrogens with one attached hydrogen (secondary N) is 2. The molecule has 2 rings (SSSR count). The molecule has 0 aliphatic carbocycles. The third-order valence-corrected chi connectivity index (χ3v) is 4.06. The molecule has 2 aromatic rings. The van der Waals surface area contributed by atoms with Crippen molar-refractivity contribution in [2.75, 3.05) is 7.11 Å². The fourth-order valence-corrected chi connectivity index (χ4v) is 2.73. The SMILES string of the molecule is CCc1ccc(CNCc2ccc(C(=O)OC)[nH]2)s1. The van der Waals surface area contributed by atoms with Crippen molar-refractivity contribution in [1.82, 2.24) is 10.3 Å². The maximum absolute atomic E-state index is 11.3. The highest BCUT2D eigenvalue weighted by atomic mass is 32.1. The van der Waals surface area contributed by atoms with Crippen LogP contribution in [0.25, 0.3) is 0 Å². The molecule has 0 aromatic carbocycles. The van der Waals surface area contributed by atoms with E-state index in [1.807, 2.05) is 17.4 Å². The van der Waals surface area contributed by atoms with Gasteiger partial charge in [0.05, 0.1) is 7.11 Å². The largest absolute Gasteiger partial charge is 0.464 e. The predicted octanol–water partition coefficient (Wildman–Crippen LogP) is 2.72. The Bertz CT molecular complexity index is 545. The van der Waals surface area contributed by atoms with Gasteiger partial charge >= 0.3 is 5.97 Å². The molecule has 0 radical (unpaired) electrons. The number of hydrogen-bond acceptors (Lipinski definition) is 4. The topological polar surface area (TPSA) is 54.1 Å². The van der Waals surface area contributed by atoms with Gasteiger partial charge < -0.3 is 15.0 Å². The first kappa shape index (κ1) is 13.8. The molecule has 4 nitrogen and oxygen atoms in total. The zero-order valence-corrected chi connectivity index (χ0v) is 12.0. The second-order valence-corrected chi connectivity index (χ2v) is 5.47. The lowest BCUT2D eigenvalue weighted by Crippen LogP contribution is -2.12. The minimum atomic E-state index is -0.336. The zero-order valence-electron chi connectivity index (χ0n) is 11.2. The van der Waals surface area contributed by atoms with E-state index in [1.54, 1.807) is 6.07 Å². The van der Waals surface area contributed by atoms with Crippen molar-refractivity contribution in [3.63, 3.8) is 0 Å². The highest BCUT2D eigenvalue weighted by molar-refractivity contribution is 7.11. The van der Waals surface area contributed by atoms with Crippen LogP contribution >= 0.6 is 11.3 Å². The van der Waals surface area contributed by atoms with Gasteiger partial charge in [-0.2, -0.15) is 0 Å². The van der Waals surface area contributed by atoms with E-state index in [-0.39, 0.29) is 5.97 Å². The lowest BCUT2D eigenvalue weighted by Gasteiger charge is -2.01. The summed E-state index contributed by atoms with van der Waals surface area (Å²) in [5, 5.41) is 3.35. The van der Waals surface area contributed by atoms with E-state index in [0.29, 0.717) is 12.2 Å². The Morgan fingerprint density at radius 2 is 2.05 bits per heavy atom. The maximum Gasteiger partial charge on any atom is 0.354 e. The smallest absolute Gasteiger partial charge is 0.354 e. The molecule has 102 valence electrons. The summed E-state index contributed by atoms with van der Waals surface area (Å²) >= 11 is 1.83. The van der Waals surface area contributed by atoms with Crippen LogP contribution in [0.1, 0.15) is 32.9 Å². The van der Waals surface area contributed by atoms with Crippen molar-refractivity contribution < 1.29 is 9.53 Å². The Labute approximate surface area is 116 Å². The molecule has 5 heteroatoms. The van der Waals surface area contributed by atoms with Gasteiger partial charge in [-0.05, 0) is 30.7 Å². The fourth-order valence-electron chi connectivity index (χ4n) is 1.80. The number of carbonyl (C=O) groups excluding carboxylic acids is 1. The molecule has 0 saturated heterocycles. The second kappa shape index (κ2) is 6.54. The second-order valence-electron chi connectivity index (χ2n) is 4.21. The van der Waals surface area contributed by atoms with E-state index >= 15 is 0 Å². The van der Waals surface area contributed by atoms with Crippen molar-refractivity contribution >= 4 is 17.3 Å². The summed E-state index contributed by atoms with van der Waals surface area (Å²) in [7, 11) is 1.38. The molecule has 0 spiro atoms. The third-order valence-electron chi connectivity index (χ3n) is 2.83. The normalized spacial score (nSPS) is 10.6. The first-order valence-electron chi connectivity index (χ1n) is 6.27. The average Bonchev–Trinajstić information content (AvgIpc) is 3.07. The summed E-state index contributed by atoms with van der Waals surface area (Å²) in [5.74, 6) is -0.336. The van der Waals surface area contributed by atoms with Crippen LogP contribution in [-0.4, -0.2) is 18.1 Å². The van der Waals surface area contributed by atoms with Crippen LogP contribution < -0.4 is 5.32 Å². The molecule has 0 fully saturated rings. The minimum Gasteiger partial charge on any atom is -0.464 e. The van der Waals surface area contributed by atoms with Gasteiger partial charge in [0.2, 0.25) is 0 Å². The maximum atomic E-state index is 11.3. The van der Waals surface area contributed by atoms with Gasteiger partial charge in [0.1, 0.15) is 5.69 Å². The van der Waals surface area contributed by atoms with Crippen molar-refractivity contribution in [1.29, 1.82) is 0 Å². The van der Waals surface area contributed by atoms with Crippen molar-refractivity contribution in [3.05, 3.63) is 45.4 Å². The van der Waals surface area contributed by atoms with Gasteiger partial charge in [-0.25, -0.2) is 4.79 Å². The Morgan fingerprint density at radius 1 is 1.26 bits per heavy atom. The Hall–Kier alpha value is -1.59. The Kier molecular flexibility index (Phi) is 4.76. The van der Waals surface area contributed by atoms with E-state index in [4.69, 9.17) is 0 Å². The summed E-state index contributed by atoms with van der Waals surface area (Å²) in [5.41, 5.74) is 1.47. The lowest BCUT2D eigenvalue weighted by molar-refractivity contribution is 0.0594. The number of rotatable bonds is 6. The van der Waals surface area contributed by atoms with Crippen molar-refractivity contribution in [2.24, 2.45) is 0 Å². The Morgan fingerprint density at radius 3 is 2.74 bits per heavy atom. The third kappa shape index (κ3) is 3.68. The number of aryl methyl sites for hydroxylation is 1. The molecule has 0 bridgehead atoms. The van der Waals surface area contributed by atoms with Crippen LogP contribution in [0.5, 0.6) is 0 Å². The molecule has 0 aliphatic rings. The molecular formula is C14H18N2O2S. The molecule has 0 aliphatic heterocycles. The monoisotopic (exact) mass is 278 g/mol. The molecule has 2 N–H and O–H groups in total. The Balaban J connectivity index is 1.82. The lowest BCUT2D eigenvalue weighted by atomic mass is 10.3. The van der Waals surface area contributed by atoms with E-state index in [0.717, 1.165) is 18.7 Å². The fraction of sp³-hybridized carbons (Fsp3) is 0.357. The number of methoxy groups -OCH3 is 1. The molecule has 0 saturated carbocycles. The van der Waals surface area contributed by atoms with E-state index < -0.39 is 0 Å². The first-order valence-corrected chi connectivity index (χ1v) is 7.09. The van der Waals surface area contributed by atoms with Crippen LogP contribution in [0.15, 0.2) is 24.3 Å². The number of hydrogen-bond donors (Lipinski definition) is 2. The van der Waals surface area contributed by atoms with E-state index in [9.17, 15) is 4.79 Å². The van der Waals surface area contributed by atoms with E-state index in [2.05, 4.69) is 34.1 Å². The van der Waals surface area contributed by atoms with Gasteiger partial charge in [-0.1, -0.05) is 6.92 Å². The average molecular weight is 278 g/mol. The zero-order chi connectivity index (χ0) is 13.7. The minimum absolute atomic E-state index is 0.336. The number of aromatic amines is 1. The standard InChI is InChI=1S/C14H18N2O2S/c1-3-11-5-6-12(19-11)9-15-8-10-4-7-13(16-10)14(17)18-2/h4-7,15-16H,3,8-9H2,1-2H3.